The van der Waals surface area contributed by atoms with E-state index in [2.05, 4.69) is 10.3 Å². The molecular weight excluding hydrogens is 508 g/mol. The number of furan rings is 1. The number of benzene rings is 1. The normalized spacial score (nSPS) is 14.2. The standard InChI is InChI=1S/C27H30N4O6S/c1-16-6-8-18(9-7-16)23-22(25(32)29-2)21-15-20(17-10-11-17)24(30-26(21)37-23)31(38(3,35)36)14-4-5-19(12-13-28)27(33)34/h6-9,15,17,19H,4-5,10-12,14H2,1-3H3,(H,29,32)(H,33,34). The predicted molar refractivity (Wildman–Crippen MR) is 142 cm³/mol. The highest BCUT2D eigenvalue weighted by molar-refractivity contribution is 7.92. The van der Waals surface area contributed by atoms with Gasteiger partial charge in [0.05, 0.1) is 29.2 Å². The molecule has 2 aromatic heterocycles. The molecule has 1 aliphatic carbocycles. The molecule has 200 valence electrons. The molecule has 1 atom stereocenters. The van der Waals surface area contributed by atoms with Crippen LogP contribution in [-0.4, -0.2) is 50.2 Å². The van der Waals surface area contributed by atoms with Crippen LogP contribution in [0.4, 0.5) is 5.82 Å². The maximum atomic E-state index is 13.0. The molecule has 2 heterocycles. The number of nitriles is 1. The van der Waals surface area contributed by atoms with Gasteiger partial charge in [-0.1, -0.05) is 29.8 Å². The largest absolute Gasteiger partial charge is 0.481 e. The maximum Gasteiger partial charge on any atom is 0.307 e. The molecule has 0 spiro atoms. The van der Waals surface area contributed by atoms with E-state index in [1.165, 1.54) is 11.4 Å². The van der Waals surface area contributed by atoms with Crippen molar-refractivity contribution in [3.63, 3.8) is 0 Å². The van der Waals surface area contributed by atoms with E-state index in [0.29, 0.717) is 27.8 Å². The Kier molecular flexibility index (Phi) is 7.73. The number of anilines is 1. The lowest BCUT2D eigenvalue weighted by Crippen LogP contribution is -2.33. The number of amides is 1. The molecule has 0 saturated heterocycles. The van der Waals surface area contributed by atoms with E-state index in [1.807, 2.05) is 37.3 Å². The highest BCUT2D eigenvalue weighted by atomic mass is 32.2. The maximum absolute atomic E-state index is 13.0. The summed E-state index contributed by atoms with van der Waals surface area (Å²) in [4.78, 5) is 29.0. The molecule has 1 amide bonds. The topological polar surface area (TPSA) is 154 Å². The summed E-state index contributed by atoms with van der Waals surface area (Å²) < 4.78 is 33.1. The molecule has 0 radical (unpaired) electrons. The molecule has 11 heteroatoms. The first kappa shape index (κ1) is 27.1. The van der Waals surface area contributed by atoms with Crippen LogP contribution in [0.2, 0.25) is 0 Å². The van der Waals surface area contributed by atoms with Gasteiger partial charge in [0, 0.05) is 25.6 Å². The lowest BCUT2D eigenvalue weighted by Gasteiger charge is -2.24. The number of aryl methyl sites for hydroxylation is 1. The highest BCUT2D eigenvalue weighted by Crippen LogP contribution is 2.46. The molecular formula is C27H30N4O6S. The number of carboxylic acids is 1. The van der Waals surface area contributed by atoms with Crippen LogP contribution in [0.15, 0.2) is 34.7 Å². The molecule has 1 aromatic carbocycles. The van der Waals surface area contributed by atoms with E-state index in [0.717, 1.165) is 24.7 Å². The Bertz CT molecular complexity index is 1520. The lowest BCUT2D eigenvalue weighted by atomic mass is 10.0. The number of aromatic nitrogens is 1. The number of nitrogens with zero attached hydrogens (tertiary/aromatic N) is 3. The van der Waals surface area contributed by atoms with Crippen molar-refractivity contribution < 1.29 is 27.5 Å². The number of carboxylic acid groups (broad SMARTS) is 1. The van der Waals surface area contributed by atoms with Crippen LogP contribution in [-0.2, 0) is 14.8 Å². The van der Waals surface area contributed by atoms with Crippen LogP contribution in [0.3, 0.4) is 0 Å². The van der Waals surface area contributed by atoms with E-state index in [4.69, 9.17) is 9.68 Å². The summed E-state index contributed by atoms with van der Waals surface area (Å²) in [5.41, 5.74) is 2.92. The molecule has 38 heavy (non-hydrogen) atoms. The molecule has 4 rings (SSSR count). The quantitative estimate of drug-likeness (QED) is 0.368. The Morgan fingerprint density at radius 3 is 2.53 bits per heavy atom. The monoisotopic (exact) mass is 538 g/mol. The van der Waals surface area contributed by atoms with Crippen molar-refractivity contribution >= 4 is 38.8 Å². The fourth-order valence-electron chi connectivity index (χ4n) is 4.52. The Morgan fingerprint density at radius 2 is 1.97 bits per heavy atom. The molecule has 1 fully saturated rings. The van der Waals surface area contributed by atoms with Gasteiger partial charge in [0.25, 0.3) is 5.91 Å². The molecule has 1 aliphatic rings. The number of nitrogens with one attached hydrogen (secondary N) is 1. The lowest BCUT2D eigenvalue weighted by molar-refractivity contribution is -0.141. The highest BCUT2D eigenvalue weighted by Gasteiger charge is 2.34. The first-order valence-corrected chi connectivity index (χ1v) is 14.2. The number of hydrogen-bond donors (Lipinski definition) is 2. The Balaban J connectivity index is 1.82. The first-order valence-electron chi connectivity index (χ1n) is 12.4. The van der Waals surface area contributed by atoms with Gasteiger partial charge in [-0.15, -0.1) is 0 Å². The van der Waals surface area contributed by atoms with Crippen molar-refractivity contribution in [1.82, 2.24) is 10.3 Å². The summed E-state index contributed by atoms with van der Waals surface area (Å²) in [6.07, 6.45) is 3.02. The summed E-state index contributed by atoms with van der Waals surface area (Å²) >= 11 is 0. The zero-order chi connectivity index (χ0) is 27.6. The number of aliphatic carboxylic acids is 1. The minimum absolute atomic E-state index is 0.0000989. The number of sulfonamides is 1. The fraction of sp³-hybridized carbons (Fsp3) is 0.407. The van der Waals surface area contributed by atoms with Gasteiger partial charge in [-0.25, -0.2) is 8.42 Å². The van der Waals surface area contributed by atoms with Gasteiger partial charge < -0.3 is 14.8 Å². The minimum atomic E-state index is -3.79. The second-order valence-corrected chi connectivity index (χ2v) is 11.6. The van der Waals surface area contributed by atoms with Gasteiger partial charge in [0.1, 0.15) is 11.6 Å². The molecule has 0 bridgehead atoms. The van der Waals surface area contributed by atoms with Gasteiger partial charge in [-0.05, 0) is 50.2 Å². The third-order valence-corrected chi connectivity index (χ3v) is 7.87. The van der Waals surface area contributed by atoms with E-state index in [1.54, 1.807) is 6.07 Å². The SMILES string of the molecule is CNC(=O)c1c(-c2ccc(C)cc2)oc2nc(N(CCCC(CC#N)C(=O)O)S(C)(=O)=O)c(C3CC3)cc12. The fourth-order valence-corrected chi connectivity index (χ4v) is 5.44. The van der Waals surface area contributed by atoms with Crippen molar-refractivity contribution in [2.24, 2.45) is 5.92 Å². The number of carbonyl (C=O) groups excluding carboxylic acids is 1. The van der Waals surface area contributed by atoms with Crippen LogP contribution in [0.25, 0.3) is 22.4 Å². The van der Waals surface area contributed by atoms with Gasteiger partial charge in [-0.2, -0.15) is 10.2 Å². The summed E-state index contributed by atoms with van der Waals surface area (Å²) in [7, 11) is -2.26. The zero-order valence-corrected chi connectivity index (χ0v) is 22.3. The predicted octanol–water partition coefficient (Wildman–Crippen LogP) is 4.20. The third-order valence-electron chi connectivity index (χ3n) is 6.71. The van der Waals surface area contributed by atoms with E-state index in [-0.39, 0.29) is 49.2 Å². The molecule has 1 unspecified atom stereocenters. The minimum Gasteiger partial charge on any atom is -0.481 e. The second-order valence-electron chi connectivity index (χ2n) is 9.65. The Morgan fingerprint density at radius 1 is 1.29 bits per heavy atom. The summed E-state index contributed by atoms with van der Waals surface area (Å²) in [6, 6.07) is 11.2. The number of carbonyl (C=O) groups is 2. The number of hydrogen-bond acceptors (Lipinski definition) is 7. The average Bonchev–Trinajstić information content (AvgIpc) is 3.64. The van der Waals surface area contributed by atoms with E-state index < -0.39 is 21.9 Å². The molecule has 1 saturated carbocycles. The van der Waals surface area contributed by atoms with Crippen molar-refractivity contribution in [1.29, 1.82) is 5.26 Å². The zero-order valence-electron chi connectivity index (χ0n) is 21.5. The van der Waals surface area contributed by atoms with Gasteiger partial charge in [0.15, 0.2) is 0 Å². The smallest absolute Gasteiger partial charge is 0.307 e. The van der Waals surface area contributed by atoms with Gasteiger partial charge in [-0.3, -0.25) is 13.9 Å². The van der Waals surface area contributed by atoms with E-state index in [9.17, 15) is 23.1 Å². The summed E-state index contributed by atoms with van der Waals surface area (Å²) in [6.45, 7) is 1.96. The van der Waals surface area contributed by atoms with Crippen molar-refractivity contribution in [2.75, 3.05) is 24.2 Å². The van der Waals surface area contributed by atoms with Crippen LogP contribution in [0, 0.1) is 24.2 Å². The van der Waals surface area contributed by atoms with Crippen LogP contribution < -0.4 is 9.62 Å². The van der Waals surface area contributed by atoms with Gasteiger partial charge in [0.2, 0.25) is 15.7 Å². The average molecular weight is 539 g/mol. The molecule has 2 N–H and O–H groups in total. The number of rotatable bonds is 11. The molecule has 0 aliphatic heterocycles. The van der Waals surface area contributed by atoms with Crippen molar-refractivity contribution in [3.05, 3.63) is 47.0 Å². The first-order chi connectivity index (χ1) is 18.0. The Hall–Kier alpha value is -3.91. The van der Waals surface area contributed by atoms with Crippen molar-refractivity contribution in [3.8, 4) is 17.4 Å². The molecule has 10 nitrogen and oxygen atoms in total. The number of fused-ring (bicyclic) bond motifs is 1. The van der Waals surface area contributed by atoms with Crippen LogP contribution in [0.5, 0.6) is 0 Å². The second kappa shape index (κ2) is 10.8. The van der Waals surface area contributed by atoms with E-state index >= 15 is 0 Å². The van der Waals surface area contributed by atoms with Crippen LogP contribution in [0.1, 0.15) is 59.5 Å². The number of pyridine rings is 1. The van der Waals surface area contributed by atoms with Gasteiger partial charge >= 0.3 is 5.97 Å². The third kappa shape index (κ3) is 5.65. The van der Waals surface area contributed by atoms with Crippen molar-refractivity contribution in [2.45, 2.75) is 44.9 Å². The van der Waals surface area contributed by atoms with Crippen LogP contribution >= 0.6 is 0 Å². The molecule has 3 aromatic rings. The summed E-state index contributed by atoms with van der Waals surface area (Å²) in [5, 5.41) is 21.4. The summed E-state index contributed by atoms with van der Waals surface area (Å²) in [5.74, 6) is -1.65. The Labute approximate surface area is 221 Å².